The number of hydrogen-bond donors (Lipinski definition) is 1. The van der Waals surface area contributed by atoms with E-state index in [1.807, 2.05) is 0 Å². The molecule has 2 atom stereocenters. The van der Waals surface area contributed by atoms with E-state index in [2.05, 4.69) is 5.32 Å². The minimum Gasteiger partial charge on any atom is -0.352 e. The average molecular weight is 284 g/mol. The van der Waals surface area contributed by atoms with Gasteiger partial charge in [0, 0.05) is 11.9 Å². The third-order valence-electron chi connectivity index (χ3n) is 3.71. The van der Waals surface area contributed by atoms with Crippen LogP contribution in [0.25, 0.3) is 0 Å². The van der Waals surface area contributed by atoms with Gasteiger partial charge >= 0.3 is 0 Å². The lowest BCUT2D eigenvalue weighted by atomic mass is 9.88. The number of alkyl halides is 1. The van der Waals surface area contributed by atoms with Gasteiger partial charge in [-0.3, -0.25) is 4.79 Å². The summed E-state index contributed by atoms with van der Waals surface area (Å²) in [6, 6.07) is 4.64. The normalized spacial score (nSPS) is 23.1. The van der Waals surface area contributed by atoms with Crippen molar-refractivity contribution < 1.29 is 9.18 Å². The molecule has 1 aromatic rings. The smallest absolute Gasteiger partial charge is 0.254 e. The van der Waals surface area contributed by atoms with Gasteiger partial charge in [-0.2, -0.15) is 0 Å². The SMILES string of the molecule is Cc1ccc(C(=O)NCC2CCCCC2Cl)c(F)c1. The van der Waals surface area contributed by atoms with Crippen LogP contribution in [0.2, 0.25) is 0 Å². The Morgan fingerprint density at radius 1 is 1.42 bits per heavy atom. The molecule has 0 saturated heterocycles. The predicted molar refractivity (Wildman–Crippen MR) is 75.1 cm³/mol. The Kier molecular flexibility index (Phi) is 4.81. The van der Waals surface area contributed by atoms with Crippen LogP contribution in [-0.2, 0) is 0 Å². The number of carbonyl (C=O) groups is 1. The van der Waals surface area contributed by atoms with Crippen molar-refractivity contribution in [1.29, 1.82) is 0 Å². The molecule has 1 fully saturated rings. The second kappa shape index (κ2) is 6.38. The highest BCUT2D eigenvalue weighted by molar-refractivity contribution is 6.20. The molecule has 1 saturated carbocycles. The fraction of sp³-hybridized carbons (Fsp3) is 0.533. The summed E-state index contributed by atoms with van der Waals surface area (Å²) in [7, 11) is 0. The van der Waals surface area contributed by atoms with E-state index in [9.17, 15) is 9.18 Å². The lowest BCUT2D eigenvalue weighted by molar-refractivity contribution is 0.0940. The second-order valence-corrected chi connectivity index (χ2v) is 5.81. The molecule has 1 aromatic carbocycles. The zero-order valence-electron chi connectivity index (χ0n) is 11.1. The van der Waals surface area contributed by atoms with Crippen LogP contribution in [-0.4, -0.2) is 17.8 Å². The largest absolute Gasteiger partial charge is 0.352 e. The summed E-state index contributed by atoms with van der Waals surface area (Å²) in [5, 5.41) is 2.92. The summed E-state index contributed by atoms with van der Waals surface area (Å²) in [6.07, 6.45) is 4.35. The van der Waals surface area contributed by atoms with Crippen molar-refractivity contribution >= 4 is 17.5 Å². The zero-order valence-corrected chi connectivity index (χ0v) is 11.8. The third kappa shape index (κ3) is 3.69. The van der Waals surface area contributed by atoms with Crippen molar-refractivity contribution in [2.45, 2.75) is 38.0 Å². The summed E-state index contributed by atoms with van der Waals surface area (Å²) in [5.74, 6) is -0.525. The predicted octanol–water partition coefficient (Wildman–Crippen LogP) is 3.66. The molecule has 1 aliphatic rings. The van der Waals surface area contributed by atoms with Crippen LogP contribution >= 0.6 is 11.6 Å². The molecule has 1 amide bonds. The highest BCUT2D eigenvalue weighted by Crippen LogP contribution is 2.28. The number of aryl methyl sites for hydroxylation is 1. The highest BCUT2D eigenvalue weighted by atomic mass is 35.5. The first-order valence-electron chi connectivity index (χ1n) is 6.76. The van der Waals surface area contributed by atoms with Gasteiger partial charge in [0.05, 0.1) is 5.56 Å². The van der Waals surface area contributed by atoms with Crippen LogP contribution in [0.3, 0.4) is 0 Å². The fourth-order valence-corrected chi connectivity index (χ4v) is 2.89. The van der Waals surface area contributed by atoms with Crippen LogP contribution in [0.4, 0.5) is 4.39 Å². The highest BCUT2D eigenvalue weighted by Gasteiger charge is 2.23. The van der Waals surface area contributed by atoms with Crippen molar-refractivity contribution in [2.75, 3.05) is 6.54 Å². The van der Waals surface area contributed by atoms with Crippen molar-refractivity contribution in [3.05, 3.63) is 35.1 Å². The van der Waals surface area contributed by atoms with E-state index < -0.39 is 5.82 Å². The van der Waals surface area contributed by atoms with E-state index in [1.54, 1.807) is 13.0 Å². The fourth-order valence-electron chi connectivity index (χ4n) is 2.52. The number of carbonyl (C=O) groups excluding carboxylic acids is 1. The summed E-state index contributed by atoms with van der Waals surface area (Å²) in [6.45, 7) is 2.32. The molecule has 4 heteroatoms. The maximum atomic E-state index is 13.7. The first-order valence-corrected chi connectivity index (χ1v) is 7.20. The molecular weight excluding hydrogens is 265 g/mol. The van der Waals surface area contributed by atoms with Gasteiger partial charge in [0.1, 0.15) is 5.82 Å². The van der Waals surface area contributed by atoms with Gasteiger partial charge in [-0.05, 0) is 43.4 Å². The van der Waals surface area contributed by atoms with Crippen molar-refractivity contribution in [2.24, 2.45) is 5.92 Å². The van der Waals surface area contributed by atoms with Crippen LogP contribution in [0.5, 0.6) is 0 Å². The van der Waals surface area contributed by atoms with Gasteiger partial charge in [0.25, 0.3) is 5.91 Å². The molecule has 104 valence electrons. The monoisotopic (exact) mass is 283 g/mol. The van der Waals surface area contributed by atoms with Crippen LogP contribution < -0.4 is 5.32 Å². The molecule has 1 aliphatic carbocycles. The van der Waals surface area contributed by atoms with Crippen molar-refractivity contribution in [3.63, 3.8) is 0 Å². The molecule has 2 unspecified atom stereocenters. The molecule has 1 N–H and O–H groups in total. The Morgan fingerprint density at radius 2 is 2.16 bits per heavy atom. The number of benzene rings is 1. The quantitative estimate of drug-likeness (QED) is 0.843. The van der Waals surface area contributed by atoms with Crippen LogP contribution in [0.15, 0.2) is 18.2 Å². The van der Waals surface area contributed by atoms with E-state index in [4.69, 9.17) is 11.6 Å². The summed E-state index contributed by atoms with van der Waals surface area (Å²) in [5.41, 5.74) is 0.912. The molecule has 0 radical (unpaired) electrons. The minimum atomic E-state index is -0.469. The molecule has 0 aromatic heterocycles. The molecule has 0 bridgehead atoms. The Morgan fingerprint density at radius 3 is 2.84 bits per heavy atom. The third-order valence-corrected chi connectivity index (χ3v) is 4.28. The molecular formula is C15H19ClFNO. The van der Waals surface area contributed by atoms with Crippen LogP contribution in [0.1, 0.15) is 41.6 Å². The van der Waals surface area contributed by atoms with Crippen molar-refractivity contribution in [3.8, 4) is 0 Å². The summed E-state index contributed by atoms with van der Waals surface area (Å²) >= 11 is 6.24. The number of halogens is 2. The Labute approximate surface area is 118 Å². The van der Waals surface area contributed by atoms with Gasteiger partial charge in [0.2, 0.25) is 0 Å². The number of nitrogens with one attached hydrogen (secondary N) is 1. The molecule has 0 spiro atoms. The molecule has 19 heavy (non-hydrogen) atoms. The molecule has 0 heterocycles. The lowest BCUT2D eigenvalue weighted by Gasteiger charge is -2.27. The molecule has 0 aliphatic heterocycles. The van der Waals surface area contributed by atoms with Crippen molar-refractivity contribution in [1.82, 2.24) is 5.32 Å². The number of hydrogen-bond acceptors (Lipinski definition) is 1. The molecule has 2 rings (SSSR count). The average Bonchev–Trinajstić information content (AvgIpc) is 2.37. The van der Waals surface area contributed by atoms with Gasteiger partial charge in [-0.15, -0.1) is 11.6 Å². The van der Waals surface area contributed by atoms with E-state index in [-0.39, 0.29) is 16.8 Å². The van der Waals surface area contributed by atoms with Gasteiger partial charge in [-0.1, -0.05) is 18.9 Å². The number of amides is 1. The van der Waals surface area contributed by atoms with Crippen LogP contribution in [0, 0.1) is 18.7 Å². The van der Waals surface area contributed by atoms with Gasteiger partial charge in [-0.25, -0.2) is 4.39 Å². The van der Waals surface area contributed by atoms with E-state index in [1.165, 1.54) is 12.1 Å². The second-order valence-electron chi connectivity index (χ2n) is 5.25. The first-order chi connectivity index (χ1) is 9.08. The zero-order chi connectivity index (χ0) is 13.8. The van der Waals surface area contributed by atoms with E-state index >= 15 is 0 Å². The van der Waals surface area contributed by atoms with E-state index in [0.29, 0.717) is 12.5 Å². The standard InChI is InChI=1S/C15H19ClFNO/c1-10-6-7-12(14(17)8-10)15(19)18-9-11-4-2-3-5-13(11)16/h6-8,11,13H,2-5,9H2,1H3,(H,18,19). The summed E-state index contributed by atoms with van der Waals surface area (Å²) < 4.78 is 13.7. The minimum absolute atomic E-state index is 0.104. The Hall–Kier alpha value is -1.09. The van der Waals surface area contributed by atoms with Gasteiger partial charge in [0.15, 0.2) is 0 Å². The van der Waals surface area contributed by atoms with Gasteiger partial charge < -0.3 is 5.32 Å². The van der Waals surface area contributed by atoms with E-state index in [0.717, 1.165) is 31.2 Å². The number of rotatable bonds is 3. The first kappa shape index (κ1) is 14.3. The maximum Gasteiger partial charge on any atom is 0.254 e. The molecule has 2 nitrogen and oxygen atoms in total. The Balaban J connectivity index is 1.93. The Bertz CT molecular complexity index is 463. The maximum absolute atomic E-state index is 13.7. The summed E-state index contributed by atoms with van der Waals surface area (Å²) in [4.78, 5) is 11.9. The lowest BCUT2D eigenvalue weighted by Crippen LogP contribution is -2.35. The topological polar surface area (TPSA) is 29.1 Å².